The normalized spacial score (nSPS) is 17.8. The van der Waals surface area contributed by atoms with Crippen LogP contribution < -0.4 is 10.6 Å². The van der Waals surface area contributed by atoms with Gasteiger partial charge in [-0.1, -0.05) is 12.1 Å². The number of anilines is 2. The first-order valence-corrected chi connectivity index (χ1v) is 6.46. The van der Waals surface area contributed by atoms with Crippen molar-refractivity contribution < 1.29 is 9.53 Å². The van der Waals surface area contributed by atoms with Gasteiger partial charge in [0.2, 0.25) is 5.91 Å². The number of carbonyl (C=O) groups excluding carboxylic acids is 1. The van der Waals surface area contributed by atoms with Gasteiger partial charge in [0.05, 0.1) is 11.4 Å². The summed E-state index contributed by atoms with van der Waals surface area (Å²) >= 11 is 0. The number of benzene rings is 1. The number of rotatable bonds is 4. The molecule has 1 unspecified atom stereocenters. The van der Waals surface area contributed by atoms with Crippen molar-refractivity contribution in [2.75, 3.05) is 23.8 Å². The van der Waals surface area contributed by atoms with Crippen LogP contribution in [0, 0.1) is 0 Å². The van der Waals surface area contributed by atoms with Gasteiger partial charge in [-0.25, -0.2) is 0 Å². The van der Waals surface area contributed by atoms with Gasteiger partial charge in [0.25, 0.3) is 0 Å². The van der Waals surface area contributed by atoms with Gasteiger partial charge in [-0.2, -0.15) is 0 Å². The van der Waals surface area contributed by atoms with Gasteiger partial charge in [-0.15, -0.1) is 0 Å². The number of para-hydroxylation sites is 1. The maximum absolute atomic E-state index is 11.7. The Hall–Kier alpha value is -1.55. The number of ether oxygens (including phenoxy) is 1. The minimum absolute atomic E-state index is 0.106. The van der Waals surface area contributed by atoms with Gasteiger partial charge < -0.3 is 15.4 Å². The minimum atomic E-state index is -0.106. The first-order valence-electron chi connectivity index (χ1n) is 6.46. The Bertz CT molecular complexity index is 432. The standard InChI is InChI=1S/C14H20N2O2/c1-3-18-9-13(17)16-12-6-4-5-11-8-7-10(2)15-14(11)12/h4-6,10,15H,3,7-9H2,1-2H3,(H,16,17). The van der Waals surface area contributed by atoms with Crippen molar-refractivity contribution in [1.29, 1.82) is 0 Å². The van der Waals surface area contributed by atoms with E-state index in [1.54, 1.807) is 0 Å². The number of carbonyl (C=O) groups is 1. The molecular formula is C14H20N2O2. The highest BCUT2D eigenvalue weighted by molar-refractivity contribution is 5.95. The Morgan fingerprint density at radius 2 is 2.39 bits per heavy atom. The molecule has 1 aromatic rings. The fraction of sp³-hybridized carbons (Fsp3) is 0.500. The third-order valence-corrected chi connectivity index (χ3v) is 3.10. The zero-order chi connectivity index (χ0) is 13.0. The van der Waals surface area contributed by atoms with Gasteiger partial charge in [-0.3, -0.25) is 4.79 Å². The Labute approximate surface area is 108 Å². The lowest BCUT2D eigenvalue weighted by Crippen LogP contribution is -2.25. The average molecular weight is 248 g/mol. The zero-order valence-electron chi connectivity index (χ0n) is 11.0. The topological polar surface area (TPSA) is 50.4 Å². The van der Waals surface area contributed by atoms with E-state index in [0.29, 0.717) is 12.6 Å². The second-order valence-corrected chi connectivity index (χ2v) is 4.61. The fourth-order valence-corrected chi connectivity index (χ4v) is 2.15. The van der Waals surface area contributed by atoms with Crippen molar-refractivity contribution in [2.24, 2.45) is 0 Å². The van der Waals surface area contributed by atoms with E-state index >= 15 is 0 Å². The summed E-state index contributed by atoms with van der Waals surface area (Å²) in [5.74, 6) is -0.106. The smallest absolute Gasteiger partial charge is 0.250 e. The monoisotopic (exact) mass is 248 g/mol. The molecule has 0 fully saturated rings. The first-order chi connectivity index (χ1) is 8.70. The summed E-state index contributed by atoms with van der Waals surface area (Å²) in [6, 6.07) is 6.45. The van der Waals surface area contributed by atoms with Crippen molar-refractivity contribution in [3.8, 4) is 0 Å². The summed E-state index contributed by atoms with van der Waals surface area (Å²) in [5, 5.41) is 6.33. The highest BCUT2D eigenvalue weighted by Gasteiger charge is 2.17. The number of hydrogen-bond acceptors (Lipinski definition) is 3. The van der Waals surface area contributed by atoms with Crippen LogP contribution in [-0.2, 0) is 16.0 Å². The van der Waals surface area contributed by atoms with E-state index in [-0.39, 0.29) is 12.5 Å². The molecule has 18 heavy (non-hydrogen) atoms. The number of aryl methyl sites for hydroxylation is 1. The molecule has 2 N–H and O–H groups in total. The molecule has 2 rings (SSSR count). The lowest BCUT2D eigenvalue weighted by molar-refractivity contribution is -0.120. The summed E-state index contributed by atoms with van der Waals surface area (Å²) in [6.45, 7) is 4.69. The van der Waals surface area contributed by atoms with E-state index in [2.05, 4.69) is 23.6 Å². The summed E-state index contributed by atoms with van der Waals surface area (Å²) in [5.41, 5.74) is 3.17. The summed E-state index contributed by atoms with van der Waals surface area (Å²) < 4.78 is 5.10. The summed E-state index contributed by atoms with van der Waals surface area (Å²) in [6.07, 6.45) is 2.18. The molecule has 1 heterocycles. The molecule has 4 nitrogen and oxygen atoms in total. The van der Waals surface area contributed by atoms with Crippen molar-refractivity contribution in [3.63, 3.8) is 0 Å². The zero-order valence-corrected chi connectivity index (χ0v) is 11.0. The lowest BCUT2D eigenvalue weighted by atomic mass is 9.98. The molecule has 1 atom stereocenters. The van der Waals surface area contributed by atoms with Crippen LogP contribution in [0.15, 0.2) is 18.2 Å². The molecule has 1 aromatic carbocycles. The van der Waals surface area contributed by atoms with Gasteiger partial charge in [0.15, 0.2) is 0 Å². The molecule has 1 aliphatic heterocycles. The van der Waals surface area contributed by atoms with Crippen molar-refractivity contribution in [3.05, 3.63) is 23.8 Å². The van der Waals surface area contributed by atoms with Gasteiger partial charge >= 0.3 is 0 Å². The second kappa shape index (κ2) is 5.87. The Morgan fingerprint density at radius 1 is 1.56 bits per heavy atom. The van der Waals surface area contributed by atoms with Crippen LogP contribution >= 0.6 is 0 Å². The third kappa shape index (κ3) is 3.01. The first kappa shape index (κ1) is 12.9. The van der Waals surface area contributed by atoms with E-state index in [4.69, 9.17) is 4.74 Å². The lowest BCUT2D eigenvalue weighted by Gasteiger charge is -2.26. The molecule has 0 radical (unpaired) electrons. The van der Waals surface area contributed by atoms with Crippen LogP contribution in [0.1, 0.15) is 25.8 Å². The molecular weight excluding hydrogens is 228 g/mol. The third-order valence-electron chi connectivity index (χ3n) is 3.10. The summed E-state index contributed by atoms with van der Waals surface area (Å²) in [7, 11) is 0. The minimum Gasteiger partial charge on any atom is -0.381 e. The molecule has 0 aromatic heterocycles. The van der Waals surface area contributed by atoms with E-state index in [1.807, 2.05) is 19.1 Å². The SMILES string of the molecule is CCOCC(=O)Nc1cccc2c1NC(C)CC2. The van der Waals surface area contributed by atoms with Gasteiger partial charge in [-0.05, 0) is 38.3 Å². The van der Waals surface area contributed by atoms with Crippen LogP contribution in [0.3, 0.4) is 0 Å². The van der Waals surface area contributed by atoms with E-state index in [1.165, 1.54) is 5.56 Å². The van der Waals surface area contributed by atoms with Crippen LogP contribution in [0.5, 0.6) is 0 Å². The number of amides is 1. The molecule has 0 spiro atoms. The Morgan fingerprint density at radius 3 is 3.17 bits per heavy atom. The second-order valence-electron chi connectivity index (χ2n) is 4.61. The number of nitrogens with one attached hydrogen (secondary N) is 2. The number of fused-ring (bicyclic) bond motifs is 1. The van der Waals surface area contributed by atoms with Gasteiger partial charge in [0, 0.05) is 12.6 Å². The molecule has 4 heteroatoms. The van der Waals surface area contributed by atoms with Crippen molar-refractivity contribution in [1.82, 2.24) is 0 Å². The molecule has 0 bridgehead atoms. The molecule has 1 amide bonds. The fourth-order valence-electron chi connectivity index (χ4n) is 2.15. The van der Waals surface area contributed by atoms with Gasteiger partial charge in [0.1, 0.15) is 6.61 Å². The Balaban J connectivity index is 2.11. The molecule has 1 aliphatic rings. The van der Waals surface area contributed by atoms with E-state index < -0.39 is 0 Å². The summed E-state index contributed by atoms with van der Waals surface area (Å²) in [4.78, 5) is 11.7. The highest BCUT2D eigenvalue weighted by atomic mass is 16.5. The van der Waals surface area contributed by atoms with E-state index in [9.17, 15) is 4.79 Å². The average Bonchev–Trinajstić information content (AvgIpc) is 2.37. The Kier molecular flexibility index (Phi) is 4.20. The van der Waals surface area contributed by atoms with Crippen LogP contribution in [-0.4, -0.2) is 25.2 Å². The predicted molar refractivity (Wildman–Crippen MR) is 73.0 cm³/mol. The van der Waals surface area contributed by atoms with Crippen molar-refractivity contribution >= 4 is 17.3 Å². The molecule has 0 saturated heterocycles. The molecule has 0 saturated carbocycles. The quantitative estimate of drug-likeness (QED) is 0.860. The molecule has 0 aliphatic carbocycles. The highest BCUT2D eigenvalue weighted by Crippen LogP contribution is 2.31. The maximum atomic E-state index is 11.7. The van der Waals surface area contributed by atoms with Crippen molar-refractivity contribution in [2.45, 2.75) is 32.7 Å². The maximum Gasteiger partial charge on any atom is 0.250 e. The molecule has 98 valence electrons. The van der Waals surface area contributed by atoms with Crippen LogP contribution in [0.25, 0.3) is 0 Å². The number of hydrogen-bond donors (Lipinski definition) is 2. The largest absolute Gasteiger partial charge is 0.381 e. The predicted octanol–water partition coefficient (Wildman–Crippen LogP) is 2.41. The van der Waals surface area contributed by atoms with Crippen LogP contribution in [0.2, 0.25) is 0 Å². The van der Waals surface area contributed by atoms with E-state index in [0.717, 1.165) is 24.2 Å². The van der Waals surface area contributed by atoms with Crippen LogP contribution in [0.4, 0.5) is 11.4 Å².